The topological polar surface area (TPSA) is 105 Å². The van der Waals surface area contributed by atoms with Crippen LogP contribution < -0.4 is 0 Å². The molecule has 1 aromatic heterocycles. The Kier molecular flexibility index (Phi) is 8.85. The number of fused-ring (bicyclic) bond motifs is 6. The van der Waals surface area contributed by atoms with Crippen LogP contribution >= 0.6 is 23.1 Å². The Morgan fingerprint density at radius 1 is 1.16 bits per heavy atom. The second kappa shape index (κ2) is 12.2. The molecule has 2 N–H and O–H groups in total. The summed E-state index contributed by atoms with van der Waals surface area (Å²) in [5, 5.41) is 23.7. The van der Waals surface area contributed by atoms with E-state index in [1.165, 1.54) is 29.5 Å². The molecule has 6 rings (SSSR count). The Morgan fingerprint density at radius 2 is 1.98 bits per heavy atom. The highest BCUT2D eigenvalue weighted by Crippen LogP contribution is 2.67. The van der Waals surface area contributed by atoms with Crippen LogP contribution in [0.1, 0.15) is 90.5 Å². The zero-order valence-electron chi connectivity index (χ0n) is 26.1. The fraction of sp³-hybridized carbons (Fsp3) is 0.611. The molecular formula is C36H45NO5S2. The van der Waals surface area contributed by atoms with Crippen molar-refractivity contribution in [2.75, 3.05) is 5.75 Å². The predicted octanol–water partition coefficient (Wildman–Crippen LogP) is 7.05. The molecule has 3 saturated carbocycles. The van der Waals surface area contributed by atoms with Gasteiger partial charge in [0.25, 0.3) is 0 Å². The van der Waals surface area contributed by atoms with E-state index in [-0.39, 0.29) is 46.3 Å². The van der Waals surface area contributed by atoms with Crippen LogP contribution in [-0.2, 0) is 20.8 Å². The minimum absolute atomic E-state index is 0.0150. The van der Waals surface area contributed by atoms with Gasteiger partial charge in [-0.05, 0) is 80.2 Å². The maximum atomic E-state index is 13.8. The van der Waals surface area contributed by atoms with Gasteiger partial charge in [-0.25, -0.2) is 4.98 Å². The van der Waals surface area contributed by atoms with Gasteiger partial charge in [-0.15, -0.1) is 11.3 Å². The smallest absolute Gasteiger partial charge is 0.178 e. The van der Waals surface area contributed by atoms with E-state index in [0.29, 0.717) is 25.7 Å². The number of thiazole rings is 1. The summed E-state index contributed by atoms with van der Waals surface area (Å²) < 4.78 is 1.78. The second-order valence-electron chi connectivity index (χ2n) is 14.1. The Hall–Kier alpha value is -2.13. The highest BCUT2D eigenvalue weighted by Gasteiger charge is 2.68. The monoisotopic (exact) mass is 635 g/mol. The molecule has 0 bridgehead atoms. The van der Waals surface area contributed by atoms with Crippen molar-refractivity contribution in [3.8, 4) is 0 Å². The molecule has 236 valence electrons. The molecule has 4 aliphatic rings. The van der Waals surface area contributed by atoms with E-state index < -0.39 is 17.1 Å². The van der Waals surface area contributed by atoms with Crippen LogP contribution in [0.25, 0.3) is 10.2 Å². The summed E-state index contributed by atoms with van der Waals surface area (Å²) in [6, 6.07) is 5.97. The van der Waals surface area contributed by atoms with Gasteiger partial charge in [-0.3, -0.25) is 14.4 Å². The number of aromatic nitrogens is 1. The number of carbonyl (C=O) groups excluding carboxylic acids is 3. The Labute approximate surface area is 268 Å². The van der Waals surface area contributed by atoms with Gasteiger partial charge in [-0.2, -0.15) is 0 Å². The van der Waals surface area contributed by atoms with Gasteiger partial charge in [0.2, 0.25) is 0 Å². The predicted molar refractivity (Wildman–Crippen MR) is 176 cm³/mol. The van der Waals surface area contributed by atoms with Gasteiger partial charge in [0.05, 0.1) is 22.1 Å². The molecule has 2 aromatic rings. The number of Topliss-reactive ketones (excluding diaryl/α,β-unsaturated/α-hetero) is 2. The van der Waals surface area contributed by atoms with Crippen LogP contribution in [0.4, 0.5) is 0 Å². The number of rotatable bonds is 11. The molecule has 0 aliphatic heterocycles. The Balaban J connectivity index is 1.12. The fourth-order valence-electron chi connectivity index (χ4n) is 9.22. The number of nitrogens with zero attached hydrogens (tertiary/aromatic N) is 1. The lowest BCUT2D eigenvalue weighted by Crippen LogP contribution is -2.61. The summed E-state index contributed by atoms with van der Waals surface area (Å²) in [6.07, 6.45) is 13.4. The lowest BCUT2D eigenvalue weighted by molar-refractivity contribution is -0.174. The quantitative estimate of drug-likeness (QED) is 0.201. The SMILES string of the molecule is CCCCCCC(=O)Cc1ccc2nc(SCC(=O)[C@@]3(O)CCC4C5CCC6=CC(=O)C=CC6(C)C5C(O)CC43C)sc2c1. The number of thioether (sulfide) groups is 1. The third-order valence-electron chi connectivity index (χ3n) is 11.6. The molecule has 3 fully saturated rings. The van der Waals surface area contributed by atoms with Crippen molar-refractivity contribution in [1.29, 1.82) is 0 Å². The molecule has 0 saturated heterocycles. The second-order valence-corrected chi connectivity index (χ2v) is 16.4. The van der Waals surface area contributed by atoms with Gasteiger partial charge in [0.1, 0.15) is 11.4 Å². The highest BCUT2D eigenvalue weighted by atomic mass is 32.2. The first-order valence-electron chi connectivity index (χ1n) is 16.4. The fourth-order valence-corrected chi connectivity index (χ4v) is 11.3. The normalized spacial score (nSPS) is 34.4. The van der Waals surface area contributed by atoms with Crippen molar-refractivity contribution < 1.29 is 24.6 Å². The van der Waals surface area contributed by atoms with Crippen LogP contribution in [-0.4, -0.2) is 50.0 Å². The van der Waals surface area contributed by atoms with E-state index in [2.05, 4.69) is 13.8 Å². The van der Waals surface area contributed by atoms with Crippen molar-refractivity contribution in [3.63, 3.8) is 0 Å². The average molecular weight is 636 g/mol. The van der Waals surface area contributed by atoms with E-state index in [1.807, 2.05) is 31.2 Å². The number of aliphatic hydroxyl groups is 2. The number of aliphatic hydroxyl groups excluding tert-OH is 1. The summed E-state index contributed by atoms with van der Waals surface area (Å²) in [7, 11) is 0. The first kappa shape index (κ1) is 31.8. The molecule has 44 heavy (non-hydrogen) atoms. The molecule has 1 heterocycles. The lowest BCUT2D eigenvalue weighted by atomic mass is 9.46. The number of hydrogen-bond donors (Lipinski definition) is 2. The first-order chi connectivity index (χ1) is 21.0. The molecule has 1 aromatic carbocycles. The van der Waals surface area contributed by atoms with Crippen molar-refractivity contribution in [2.45, 2.75) is 107 Å². The van der Waals surface area contributed by atoms with Crippen LogP contribution in [0.5, 0.6) is 0 Å². The third-order valence-corrected chi connectivity index (χ3v) is 13.7. The number of ketones is 3. The number of allylic oxidation sites excluding steroid dienone is 4. The molecule has 7 atom stereocenters. The van der Waals surface area contributed by atoms with E-state index >= 15 is 0 Å². The van der Waals surface area contributed by atoms with Crippen LogP contribution in [0.2, 0.25) is 0 Å². The summed E-state index contributed by atoms with van der Waals surface area (Å²) in [5.41, 5.74) is 0.390. The third kappa shape index (κ3) is 5.48. The van der Waals surface area contributed by atoms with Crippen molar-refractivity contribution in [1.82, 2.24) is 4.98 Å². The van der Waals surface area contributed by atoms with Gasteiger partial charge < -0.3 is 10.2 Å². The maximum absolute atomic E-state index is 13.8. The van der Waals surface area contributed by atoms with E-state index in [9.17, 15) is 24.6 Å². The number of benzene rings is 1. The zero-order chi connectivity index (χ0) is 31.3. The average Bonchev–Trinajstić information content (AvgIpc) is 3.51. The van der Waals surface area contributed by atoms with Crippen molar-refractivity contribution >= 4 is 50.7 Å². The molecule has 6 nitrogen and oxygen atoms in total. The molecule has 0 radical (unpaired) electrons. The van der Waals surface area contributed by atoms with Gasteiger partial charge in [-0.1, -0.05) is 69.5 Å². The molecule has 4 aliphatic carbocycles. The molecule has 6 unspecified atom stereocenters. The van der Waals surface area contributed by atoms with E-state index in [1.54, 1.807) is 12.2 Å². The lowest BCUT2D eigenvalue weighted by Gasteiger charge is -2.59. The van der Waals surface area contributed by atoms with Gasteiger partial charge in [0, 0.05) is 29.6 Å². The molecule has 0 spiro atoms. The minimum atomic E-state index is -1.49. The summed E-state index contributed by atoms with van der Waals surface area (Å²) in [4.78, 5) is 43.1. The molecule has 0 amide bonds. The van der Waals surface area contributed by atoms with Crippen molar-refractivity contribution in [2.24, 2.45) is 28.6 Å². The van der Waals surface area contributed by atoms with Crippen LogP contribution in [0.3, 0.4) is 0 Å². The molecule has 8 heteroatoms. The summed E-state index contributed by atoms with van der Waals surface area (Å²) in [5.74, 6) is 0.515. The Morgan fingerprint density at radius 3 is 2.77 bits per heavy atom. The minimum Gasteiger partial charge on any atom is -0.393 e. The first-order valence-corrected chi connectivity index (χ1v) is 18.2. The summed E-state index contributed by atoms with van der Waals surface area (Å²) >= 11 is 2.90. The van der Waals surface area contributed by atoms with Crippen molar-refractivity contribution in [3.05, 3.63) is 47.6 Å². The number of unbranched alkanes of at least 4 members (excludes halogenated alkanes) is 3. The summed E-state index contributed by atoms with van der Waals surface area (Å²) in [6.45, 7) is 6.33. The van der Waals surface area contributed by atoms with E-state index in [4.69, 9.17) is 4.98 Å². The highest BCUT2D eigenvalue weighted by molar-refractivity contribution is 8.01. The number of carbonyl (C=O) groups is 3. The van der Waals surface area contributed by atoms with Crippen LogP contribution in [0.15, 0.2) is 46.3 Å². The van der Waals surface area contributed by atoms with Gasteiger partial charge in [0.15, 0.2) is 15.9 Å². The van der Waals surface area contributed by atoms with Gasteiger partial charge >= 0.3 is 0 Å². The zero-order valence-corrected chi connectivity index (χ0v) is 27.8. The van der Waals surface area contributed by atoms with E-state index in [0.717, 1.165) is 64.2 Å². The van der Waals surface area contributed by atoms with Crippen LogP contribution in [0, 0.1) is 28.6 Å². The molecular weight excluding hydrogens is 591 g/mol. The largest absolute Gasteiger partial charge is 0.393 e. The maximum Gasteiger partial charge on any atom is 0.178 e. The standard InChI is InChI=1S/C36H45NO5S2/c1-4-5-6-7-8-24(38)17-22-9-12-28-30(18-22)44-33(37-28)43-21-31(41)36(42)16-14-27-26-11-10-23-19-25(39)13-15-34(23,2)32(26)29(40)20-35(27,36)3/h9,12-13,15,18-19,26-27,29,32,40,42H,4-8,10-11,14,16-17,20-21H2,1-3H3/t26?,27?,29?,32?,34?,35?,36-/m0/s1. The number of hydrogen-bond acceptors (Lipinski definition) is 8. The Bertz CT molecular complexity index is 1530.